The van der Waals surface area contributed by atoms with Crippen molar-refractivity contribution in [1.82, 2.24) is 0 Å². The van der Waals surface area contributed by atoms with E-state index < -0.39 is 6.10 Å². The van der Waals surface area contributed by atoms with Gasteiger partial charge < -0.3 is 9.84 Å². The van der Waals surface area contributed by atoms with Gasteiger partial charge in [0.15, 0.2) is 0 Å². The van der Waals surface area contributed by atoms with Crippen molar-refractivity contribution in [3.63, 3.8) is 0 Å². The first-order valence-corrected chi connectivity index (χ1v) is 11.6. The molecule has 0 radical (unpaired) electrons. The van der Waals surface area contributed by atoms with Crippen LogP contribution in [0.25, 0.3) is 0 Å². The number of Topliss-reactive ketones (excluding diaryl/α,β-unsaturated/α-hetero) is 1. The average molecular weight is 403 g/mol. The largest absolute Gasteiger partial charge is 0.461 e. The Bertz CT molecular complexity index is 664. The van der Waals surface area contributed by atoms with Crippen molar-refractivity contribution in [1.29, 1.82) is 0 Å². The maximum Gasteiger partial charge on any atom is 0.308 e. The van der Waals surface area contributed by atoms with E-state index in [0.29, 0.717) is 30.6 Å². The first-order valence-electron chi connectivity index (χ1n) is 11.6. The highest BCUT2D eigenvalue weighted by molar-refractivity contribution is 5.79. The van der Waals surface area contributed by atoms with Crippen LogP contribution in [0.4, 0.5) is 0 Å². The molecule has 0 heterocycles. The van der Waals surface area contributed by atoms with Gasteiger partial charge in [0, 0.05) is 18.8 Å². The van der Waals surface area contributed by atoms with Gasteiger partial charge in [0.05, 0.1) is 12.0 Å². The molecule has 3 rings (SSSR count). The van der Waals surface area contributed by atoms with E-state index in [9.17, 15) is 14.7 Å². The minimum absolute atomic E-state index is 0.0654. The fourth-order valence-corrected chi connectivity index (χ4v) is 5.52. The number of carbonyl (C=O) groups excluding carboxylic acids is 2. The molecule has 1 N–H and O–H groups in total. The number of ketones is 1. The van der Waals surface area contributed by atoms with Crippen molar-refractivity contribution < 1.29 is 19.4 Å². The average Bonchev–Trinajstić information content (AvgIpc) is 2.65. The van der Waals surface area contributed by atoms with Crippen LogP contribution in [0.1, 0.15) is 72.6 Å². The third-order valence-electron chi connectivity index (χ3n) is 7.37. The molecule has 4 nitrogen and oxygen atoms in total. The lowest BCUT2D eigenvalue weighted by Gasteiger charge is -2.43. The Morgan fingerprint density at radius 3 is 2.69 bits per heavy atom. The molecule has 1 fully saturated rings. The molecule has 0 bridgehead atoms. The van der Waals surface area contributed by atoms with E-state index in [1.54, 1.807) is 0 Å². The van der Waals surface area contributed by atoms with Gasteiger partial charge in [-0.1, -0.05) is 45.9 Å². The molecule has 3 aliphatic rings. The van der Waals surface area contributed by atoms with E-state index in [0.717, 1.165) is 32.1 Å². The van der Waals surface area contributed by atoms with Gasteiger partial charge in [-0.3, -0.25) is 9.59 Å². The zero-order chi connectivity index (χ0) is 21.1. The maximum atomic E-state index is 12.6. The summed E-state index contributed by atoms with van der Waals surface area (Å²) in [4.78, 5) is 24.5. The summed E-state index contributed by atoms with van der Waals surface area (Å²) in [6.45, 7) is 8.42. The van der Waals surface area contributed by atoms with E-state index in [1.807, 2.05) is 13.8 Å². The topological polar surface area (TPSA) is 63.6 Å². The second-order valence-corrected chi connectivity index (χ2v) is 9.85. The number of hydrogen-bond acceptors (Lipinski definition) is 4. The quantitative estimate of drug-likeness (QED) is 0.645. The monoisotopic (exact) mass is 402 g/mol. The zero-order valence-electron chi connectivity index (χ0n) is 18.5. The number of aliphatic hydroxyl groups is 1. The maximum absolute atomic E-state index is 12.6. The number of rotatable bonds is 6. The van der Waals surface area contributed by atoms with Gasteiger partial charge in [-0.15, -0.1) is 0 Å². The standard InChI is InChI=1S/C25H38O4/c1-5-16(3)25(28)29-23-11-15(2)10-19-8-6-17(4)22(24(19)23)9-7-18-12-20(26)14-21(27)13-18/h6,8,10,15-18,20,22-24,26H,5,7,9,11-14H2,1-4H3/t15-,16?,17?,18+,20?,22?,23-,24?/m0/s1. The molecule has 162 valence electrons. The zero-order valence-corrected chi connectivity index (χ0v) is 18.5. The summed E-state index contributed by atoms with van der Waals surface area (Å²) >= 11 is 0. The second kappa shape index (κ2) is 9.59. The third-order valence-corrected chi connectivity index (χ3v) is 7.37. The van der Waals surface area contributed by atoms with Gasteiger partial charge in [0.25, 0.3) is 0 Å². The molecule has 1 saturated carbocycles. The van der Waals surface area contributed by atoms with Crippen LogP contribution in [0, 0.1) is 35.5 Å². The molecule has 4 heteroatoms. The Kier molecular flexibility index (Phi) is 7.37. The van der Waals surface area contributed by atoms with Crippen molar-refractivity contribution in [2.45, 2.75) is 84.8 Å². The summed E-state index contributed by atoms with van der Waals surface area (Å²) in [6, 6.07) is 0. The fourth-order valence-electron chi connectivity index (χ4n) is 5.52. The normalized spacial score (nSPS) is 38.2. The number of fused-ring (bicyclic) bond motifs is 1. The lowest BCUT2D eigenvalue weighted by molar-refractivity contribution is -0.158. The highest BCUT2D eigenvalue weighted by Gasteiger charge is 2.42. The smallest absolute Gasteiger partial charge is 0.308 e. The SMILES string of the molecule is CCC(C)C(=O)O[C@H]1C[C@@H](C)C=C2C=CC(C)C(CC[C@H]3CC(=O)CC(O)C3)C21. The van der Waals surface area contributed by atoms with Gasteiger partial charge in [0.2, 0.25) is 0 Å². The second-order valence-electron chi connectivity index (χ2n) is 9.85. The summed E-state index contributed by atoms with van der Waals surface area (Å²) in [5, 5.41) is 9.97. The van der Waals surface area contributed by atoms with Crippen LogP contribution >= 0.6 is 0 Å². The highest BCUT2D eigenvalue weighted by Crippen LogP contribution is 2.45. The molecule has 5 unspecified atom stereocenters. The molecule has 8 atom stereocenters. The number of allylic oxidation sites excluding steroid dienone is 3. The van der Waals surface area contributed by atoms with E-state index in [-0.39, 0.29) is 35.6 Å². The van der Waals surface area contributed by atoms with Crippen molar-refractivity contribution in [2.75, 3.05) is 0 Å². The van der Waals surface area contributed by atoms with Crippen LogP contribution in [0.2, 0.25) is 0 Å². The summed E-state index contributed by atoms with van der Waals surface area (Å²) in [5.41, 5.74) is 1.31. The molecule has 0 spiro atoms. The Balaban J connectivity index is 1.74. The Morgan fingerprint density at radius 1 is 1.24 bits per heavy atom. The molecule has 3 aliphatic carbocycles. The molecule has 0 aliphatic heterocycles. The first-order chi connectivity index (χ1) is 13.8. The number of aliphatic hydroxyl groups excluding tert-OH is 1. The number of ether oxygens (including phenoxy) is 1. The summed E-state index contributed by atoms with van der Waals surface area (Å²) in [7, 11) is 0. The van der Waals surface area contributed by atoms with Crippen LogP contribution < -0.4 is 0 Å². The lowest BCUT2D eigenvalue weighted by Crippen LogP contribution is -2.41. The predicted octanol–water partition coefficient (Wildman–Crippen LogP) is 4.86. The van der Waals surface area contributed by atoms with E-state index in [4.69, 9.17) is 4.74 Å². The number of carbonyl (C=O) groups is 2. The minimum Gasteiger partial charge on any atom is -0.461 e. The van der Waals surface area contributed by atoms with Crippen LogP contribution in [-0.2, 0) is 14.3 Å². The summed E-state index contributed by atoms with van der Waals surface area (Å²) in [5.74, 6) is 1.79. The molecular formula is C25H38O4. The van der Waals surface area contributed by atoms with Crippen molar-refractivity contribution in [3.8, 4) is 0 Å². The van der Waals surface area contributed by atoms with Crippen molar-refractivity contribution in [2.24, 2.45) is 35.5 Å². The van der Waals surface area contributed by atoms with Gasteiger partial charge >= 0.3 is 5.97 Å². The Labute approximate surface area is 175 Å². The lowest BCUT2D eigenvalue weighted by atomic mass is 9.64. The molecule has 0 amide bonds. The molecule has 29 heavy (non-hydrogen) atoms. The van der Waals surface area contributed by atoms with Gasteiger partial charge in [-0.25, -0.2) is 0 Å². The van der Waals surface area contributed by atoms with E-state index in [1.165, 1.54) is 5.57 Å². The van der Waals surface area contributed by atoms with E-state index >= 15 is 0 Å². The minimum atomic E-state index is -0.472. The fraction of sp³-hybridized carbons (Fsp3) is 0.760. The predicted molar refractivity (Wildman–Crippen MR) is 114 cm³/mol. The Hall–Kier alpha value is -1.42. The van der Waals surface area contributed by atoms with Gasteiger partial charge in [0.1, 0.15) is 11.9 Å². The van der Waals surface area contributed by atoms with Crippen LogP contribution in [0.3, 0.4) is 0 Å². The van der Waals surface area contributed by atoms with Crippen LogP contribution in [0.15, 0.2) is 23.8 Å². The molecular weight excluding hydrogens is 364 g/mol. The number of hydrogen-bond donors (Lipinski definition) is 1. The summed E-state index contributed by atoms with van der Waals surface area (Å²) < 4.78 is 6.08. The highest BCUT2D eigenvalue weighted by atomic mass is 16.5. The molecule has 0 aromatic heterocycles. The molecule has 0 saturated heterocycles. The van der Waals surface area contributed by atoms with Crippen LogP contribution in [0.5, 0.6) is 0 Å². The first kappa shape index (κ1) is 22.3. The third kappa shape index (κ3) is 5.39. The van der Waals surface area contributed by atoms with Crippen molar-refractivity contribution >= 4 is 11.8 Å². The van der Waals surface area contributed by atoms with E-state index in [2.05, 4.69) is 32.1 Å². The van der Waals surface area contributed by atoms with Crippen molar-refractivity contribution in [3.05, 3.63) is 23.8 Å². The van der Waals surface area contributed by atoms with Gasteiger partial charge in [-0.05, 0) is 61.3 Å². The molecule has 0 aromatic rings. The van der Waals surface area contributed by atoms with Gasteiger partial charge in [-0.2, -0.15) is 0 Å². The van der Waals surface area contributed by atoms with Crippen LogP contribution in [-0.4, -0.2) is 29.1 Å². The Morgan fingerprint density at radius 2 is 2.00 bits per heavy atom. The summed E-state index contributed by atoms with van der Waals surface area (Å²) in [6.07, 6.45) is 11.6. The number of esters is 1. The molecule has 0 aromatic carbocycles.